The fourth-order valence-corrected chi connectivity index (χ4v) is 5.63. The standard InChI is InChI=1S/C33H36ClN7O2/c1-4-12-36-31(24-8-10-25(11-9-24)32(42)37-21-23-7-6-13-35-20-23)26-18-27-29(19-28(26)34)38-30(39(3)33(27)43)22-41-16-14-40(5-2)15-17-41/h1,6-11,13,18-20,31,36H,5,12,14-17,21-22H2,2-3H3,(H,37,42). The van der Waals surface area contributed by atoms with Crippen LogP contribution in [0.3, 0.4) is 0 Å². The third-order valence-electron chi connectivity index (χ3n) is 7.97. The van der Waals surface area contributed by atoms with E-state index in [1.807, 2.05) is 24.3 Å². The van der Waals surface area contributed by atoms with E-state index < -0.39 is 6.04 Å². The molecule has 43 heavy (non-hydrogen) atoms. The SMILES string of the molecule is C#CCNC(c1ccc(C(=O)NCc2cccnc2)cc1)c1cc2c(=O)n(C)c(CN3CCN(CC)CC3)nc2cc1Cl. The van der Waals surface area contributed by atoms with Crippen molar-refractivity contribution in [2.45, 2.75) is 26.1 Å². The van der Waals surface area contributed by atoms with Gasteiger partial charge in [-0.3, -0.25) is 29.4 Å². The summed E-state index contributed by atoms with van der Waals surface area (Å²) in [5, 5.41) is 7.22. The van der Waals surface area contributed by atoms with Gasteiger partial charge in [-0.1, -0.05) is 42.6 Å². The predicted octanol–water partition coefficient (Wildman–Crippen LogP) is 3.36. The molecule has 1 atom stereocenters. The van der Waals surface area contributed by atoms with Crippen LogP contribution in [0.5, 0.6) is 0 Å². The molecule has 5 rings (SSSR count). The van der Waals surface area contributed by atoms with Gasteiger partial charge >= 0.3 is 0 Å². The van der Waals surface area contributed by atoms with E-state index in [9.17, 15) is 9.59 Å². The Labute approximate surface area is 256 Å². The van der Waals surface area contributed by atoms with Gasteiger partial charge in [0, 0.05) is 62.8 Å². The summed E-state index contributed by atoms with van der Waals surface area (Å²) in [5.74, 6) is 3.14. The lowest BCUT2D eigenvalue weighted by atomic mass is 9.96. The Kier molecular flexibility index (Phi) is 9.85. The number of hydrogen-bond acceptors (Lipinski definition) is 7. The van der Waals surface area contributed by atoms with Crippen molar-refractivity contribution < 1.29 is 4.79 Å². The Bertz CT molecular complexity index is 1670. The van der Waals surface area contributed by atoms with E-state index in [0.29, 0.717) is 46.0 Å². The maximum atomic E-state index is 13.6. The van der Waals surface area contributed by atoms with Crippen LogP contribution >= 0.6 is 11.6 Å². The van der Waals surface area contributed by atoms with Crippen LogP contribution in [0.1, 0.15) is 45.8 Å². The summed E-state index contributed by atoms with van der Waals surface area (Å²) in [6, 6.07) is 14.2. The van der Waals surface area contributed by atoms with Crippen LogP contribution in [-0.2, 0) is 20.1 Å². The number of likely N-dealkylation sites (N-methyl/N-ethyl adjacent to an activating group) is 1. The van der Waals surface area contributed by atoms with Crippen molar-refractivity contribution in [1.82, 2.24) is 35.0 Å². The highest BCUT2D eigenvalue weighted by molar-refractivity contribution is 6.32. The molecule has 0 bridgehead atoms. The van der Waals surface area contributed by atoms with Gasteiger partial charge < -0.3 is 10.2 Å². The normalized spacial score (nSPS) is 14.8. The molecule has 1 fully saturated rings. The summed E-state index contributed by atoms with van der Waals surface area (Å²) in [6.07, 6.45) is 9.00. The van der Waals surface area contributed by atoms with E-state index in [1.165, 1.54) is 0 Å². The van der Waals surface area contributed by atoms with Gasteiger partial charge in [0.1, 0.15) is 5.82 Å². The minimum absolute atomic E-state index is 0.124. The minimum Gasteiger partial charge on any atom is -0.348 e. The lowest BCUT2D eigenvalue weighted by molar-refractivity contribution is 0.0951. The molecule has 0 aliphatic carbocycles. The predicted molar refractivity (Wildman–Crippen MR) is 170 cm³/mol. The Hall–Kier alpha value is -4.07. The van der Waals surface area contributed by atoms with E-state index in [1.54, 1.807) is 48.3 Å². The van der Waals surface area contributed by atoms with Gasteiger partial charge in [-0.15, -0.1) is 6.42 Å². The number of hydrogen-bond donors (Lipinski definition) is 2. The number of aromatic nitrogens is 3. The number of nitrogens with one attached hydrogen (secondary N) is 2. The number of carbonyl (C=O) groups is 1. The first-order valence-electron chi connectivity index (χ1n) is 14.5. The van der Waals surface area contributed by atoms with Crippen molar-refractivity contribution >= 4 is 28.4 Å². The quantitative estimate of drug-likeness (QED) is 0.271. The number of nitrogens with zero attached hydrogens (tertiary/aromatic N) is 5. The second kappa shape index (κ2) is 13.9. The maximum absolute atomic E-state index is 13.6. The zero-order valence-electron chi connectivity index (χ0n) is 24.5. The van der Waals surface area contributed by atoms with Crippen molar-refractivity contribution in [3.8, 4) is 12.3 Å². The fourth-order valence-electron chi connectivity index (χ4n) is 5.36. The number of pyridine rings is 1. The van der Waals surface area contributed by atoms with Gasteiger partial charge in [-0.25, -0.2) is 4.98 Å². The van der Waals surface area contributed by atoms with Crippen LogP contribution in [0.15, 0.2) is 65.7 Å². The van der Waals surface area contributed by atoms with Crippen LogP contribution in [0, 0.1) is 12.3 Å². The first-order chi connectivity index (χ1) is 20.9. The van der Waals surface area contributed by atoms with Crippen molar-refractivity contribution in [3.63, 3.8) is 0 Å². The van der Waals surface area contributed by atoms with Crippen molar-refractivity contribution in [3.05, 3.63) is 104 Å². The maximum Gasteiger partial charge on any atom is 0.261 e. The zero-order chi connectivity index (χ0) is 30.3. The Morgan fingerprint density at radius 3 is 2.53 bits per heavy atom. The Morgan fingerprint density at radius 1 is 1.12 bits per heavy atom. The molecular formula is C33H36ClN7O2. The molecule has 2 N–H and O–H groups in total. The second-order valence-corrected chi connectivity index (χ2v) is 11.1. The van der Waals surface area contributed by atoms with E-state index in [2.05, 4.69) is 38.3 Å². The van der Waals surface area contributed by atoms with E-state index >= 15 is 0 Å². The minimum atomic E-state index is -0.403. The van der Waals surface area contributed by atoms with Crippen molar-refractivity contribution in [1.29, 1.82) is 0 Å². The number of carbonyl (C=O) groups excluding carboxylic acids is 1. The number of fused-ring (bicyclic) bond motifs is 1. The van der Waals surface area contributed by atoms with Gasteiger partial charge in [0.25, 0.3) is 11.5 Å². The highest BCUT2D eigenvalue weighted by atomic mass is 35.5. The summed E-state index contributed by atoms with van der Waals surface area (Å²) in [7, 11) is 1.77. The summed E-state index contributed by atoms with van der Waals surface area (Å²) in [6.45, 7) is 8.39. The number of halogens is 1. The average molecular weight is 598 g/mol. The lowest BCUT2D eigenvalue weighted by Crippen LogP contribution is -2.46. The number of rotatable bonds is 10. The number of piperazine rings is 1. The van der Waals surface area contributed by atoms with E-state index in [0.717, 1.165) is 43.9 Å². The van der Waals surface area contributed by atoms with Crippen molar-refractivity contribution in [2.75, 3.05) is 39.3 Å². The van der Waals surface area contributed by atoms with Gasteiger partial charge in [-0.2, -0.15) is 0 Å². The third-order valence-corrected chi connectivity index (χ3v) is 8.29. The molecule has 222 valence electrons. The number of terminal acetylenes is 1. The topological polar surface area (TPSA) is 95.4 Å². The highest BCUT2D eigenvalue weighted by Crippen LogP contribution is 2.31. The monoisotopic (exact) mass is 597 g/mol. The van der Waals surface area contributed by atoms with Gasteiger partial charge in [0.2, 0.25) is 0 Å². The largest absolute Gasteiger partial charge is 0.348 e. The molecule has 0 saturated carbocycles. The van der Waals surface area contributed by atoms with E-state index in [-0.39, 0.29) is 18.0 Å². The van der Waals surface area contributed by atoms with Crippen LogP contribution < -0.4 is 16.2 Å². The molecule has 0 radical (unpaired) electrons. The molecule has 1 aliphatic heterocycles. The number of amides is 1. The van der Waals surface area contributed by atoms with Crippen LogP contribution in [-0.4, -0.2) is 69.5 Å². The third kappa shape index (κ3) is 7.12. The molecule has 3 heterocycles. The Balaban J connectivity index is 1.39. The van der Waals surface area contributed by atoms with Gasteiger partial charge in [0.05, 0.1) is 30.0 Å². The smallest absolute Gasteiger partial charge is 0.261 e. The molecule has 1 aliphatic rings. The van der Waals surface area contributed by atoms with Gasteiger partial charge in [-0.05, 0) is 53.6 Å². The molecule has 2 aromatic heterocycles. The number of benzene rings is 2. The fraction of sp³-hybridized carbons (Fsp3) is 0.333. The van der Waals surface area contributed by atoms with Crippen LogP contribution in [0.4, 0.5) is 0 Å². The van der Waals surface area contributed by atoms with E-state index in [4.69, 9.17) is 23.0 Å². The first-order valence-corrected chi connectivity index (χ1v) is 14.8. The molecule has 2 aromatic carbocycles. The highest BCUT2D eigenvalue weighted by Gasteiger charge is 2.22. The lowest BCUT2D eigenvalue weighted by Gasteiger charge is -2.33. The molecular weight excluding hydrogens is 562 g/mol. The molecule has 10 heteroatoms. The second-order valence-electron chi connectivity index (χ2n) is 10.7. The first kappa shape index (κ1) is 30.4. The molecule has 1 unspecified atom stereocenters. The zero-order valence-corrected chi connectivity index (χ0v) is 25.3. The molecule has 0 spiro atoms. The molecule has 4 aromatic rings. The van der Waals surface area contributed by atoms with Crippen LogP contribution in [0.2, 0.25) is 5.02 Å². The molecule has 9 nitrogen and oxygen atoms in total. The van der Waals surface area contributed by atoms with Crippen molar-refractivity contribution in [2.24, 2.45) is 7.05 Å². The summed E-state index contributed by atoms with van der Waals surface area (Å²) in [5.41, 5.74) is 3.44. The van der Waals surface area contributed by atoms with Gasteiger partial charge in [0.15, 0.2) is 0 Å². The summed E-state index contributed by atoms with van der Waals surface area (Å²) in [4.78, 5) is 40.0. The summed E-state index contributed by atoms with van der Waals surface area (Å²) < 4.78 is 1.63. The molecule has 1 saturated heterocycles. The average Bonchev–Trinajstić information content (AvgIpc) is 3.04. The summed E-state index contributed by atoms with van der Waals surface area (Å²) >= 11 is 6.85. The molecule has 1 amide bonds. The Morgan fingerprint density at radius 2 is 1.86 bits per heavy atom. The van der Waals surface area contributed by atoms with Crippen LogP contribution in [0.25, 0.3) is 10.9 Å².